The fourth-order valence-electron chi connectivity index (χ4n) is 2.83. The highest BCUT2D eigenvalue weighted by Crippen LogP contribution is 2.24. The number of benzene rings is 1. The molecule has 1 unspecified atom stereocenters. The van der Waals surface area contributed by atoms with Gasteiger partial charge in [0.15, 0.2) is 0 Å². The van der Waals surface area contributed by atoms with Crippen LogP contribution in [0.5, 0.6) is 0 Å². The highest BCUT2D eigenvalue weighted by Gasteiger charge is 2.17. The highest BCUT2D eigenvalue weighted by atomic mass is 15.3. The Morgan fingerprint density at radius 3 is 2.76 bits per heavy atom. The van der Waals surface area contributed by atoms with Crippen molar-refractivity contribution in [3.8, 4) is 0 Å². The van der Waals surface area contributed by atoms with Gasteiger partial charge < -0.3 is 5.32 Å². The van der Waals surface area contributed by atoms with Gasteiger partial charge >= 0.3 is 0 Å². The number of para-hydroxylation sites is 1. The number of hydrogen-bond acceptors (Lipinski definition) is 3. The molecule has 4 heteroatoms. The number of fused-ring (bicyclic) bond motifs is 1. The van der Waals surface area contributed by atoms with Gasteiger partial charge in [-0.1, -0.05) is 24.3 Å². The van der Waals surface area contributed by atoms with E-state index in [2.05, 4.69) is 46.6 Å². The Kier molecular flexibility index (Phi) is 3.71. The molecular weight excluding hydrogens is 260 g/mol. The molecule has 0 amide bonds. The maximum atomic E-state index is 4.68. The standard InChI is InChI=1S/C17H20N4/c1-12-7-6-10-19-17(12)15(18-2)11-14-13-8-4-5-9-16(13)21(3)20-14/h4-10,15,18H,11H2,1-3H3. The zero-order valence-electron chi connectivity index (χ0n) is 12.7. The summed E-state index contributed by atoms with van der Waals surface area (Å²) in [5.74, 6) is 0. The van der Waals surface area contributed by atoms with Crippen LogP contribution in [-0.2, 0) is 13.5 Å². The quantitative estimate of drug-likeness (QED) is 0.799. The molecule has 2 aromatic heterocycles. The number of nitrogens with one attached hydrogen (secondary N) is 1. The Morgan fingerprint density at radius 1 is 1.19 bits per heavy atom. The molecule has 0 saturated carbocycles. The molecule has 108 valence electrons. The van der Waals surface area contributed by atoms with Crippen molar-refractivity contribution < 1.29 is 0 Å². The average molecular weight is 280 g/mol. The monoisotopic (exact) mass is 280 g/mol. The van der Waals surface area contributed by atoms with Crippen LogP contribution in [0.3, 0.4) is 0 Å². The lowest BCUT2D eigenvalue weighted by atomic mass is 10.0. The minimum absolute atomic E-state index is 0.171. The van der Waals surface area contributed by atoms with Crippen molar-refractivity contribution in [1.82, 2.24) is 20.1 Å². The maximum absolute atomic E-state index is 4.68. The van der Waals surface area contributed by atoms with Gasteiger partial charge in [0, 0.05) is 25.1 Å². The van der Waals surface area contributed by atoms with Gasteiger partial charge in [-0.2, -0.15) is 5.10 Å². The van der Waals surface area contributed by atoms with Crippen LogP contribution in [0, 0.1) is 6.92 Å². The zero-order chi connectivity index (χ0) is 14.8. The largest absolute Gasteiger partial charge is 0.311 e. The van der Waals surface area contributed by atoms with Gasteiger partial charge in [0.25, 0.3) is 0 Å². The molecule has 21 heavy (non-hydrogen) atoms. The number of aromatic nitrogens is 3. The smallest absolute Gasteiger partial charge is 0.0722 e. The molecule has 0 spiro atoms. The van der Waals surface area contributed by atoms with Gasteiger partial charge in [-0.15, -0.1) is 0 Å². The average Bonchev–Trinajstić information content (AvgIpc) is 2.82. The van der Waals surface area contributed by atoms with E-state index in [4.69, 9.17) is 0 Å². The summed E-state index contributed by atoms with van der Waals surface area (Å²) < 4.78 is 1.95. The van der Waals surface area contributed by atoms with Crippen LogP contribution in [0.1, 0.15) is 23.0 Å². The van der Waals surface area contributed by atoms with Gasteiger partial charge in [0.05, 0.1) is 22.9 Å². The molecule has 0 radical (unpaired) electrons. The Hall–Kier alpha value is -2.20. The summed E-state index contributed by atoms with van der Waals surface area (Å²) in [6.07, 6.45) is 2.68. The molecule has 1 aromatic carbocycles. The second kappa shape index (κ2) is 5.66. The Balaban J connectivity index is 1.99. The number of likely N-dealkylation sites (N-methyl/N-ethyl adjacent to an activating group) is 1. The first-order valence-electron chi connectivity index (χ1n) is 7.20. The minimum atomic E-state index is 0.171. The number of hydrogen-bond donors (Lipinski definition) is 1. The Bertz CT molecular complexity index is 760. The van der Waals surface area contributed by atoms with Gasteiger partial charge in [0.2, 0.25) is 0 Å². The third-order valence-corrected chi connectivity index (χ3v) is 3.96. The summed E-state index contributed by atoms with van der Waals surface area (Å²) in [6, 6.07) is 12.6. The molecular formula is C17H20N4. The second-order valence-electron chi connectivity index (χ2n) is 5.34. The summed E-state index contributed by atoms with van der Waals surface area (Å²) >= 11 is 0. The second-order valence-corrected chi connectivity index (χ2v) is 5.34. The van der Waals surface area contributed by atoms with Crippen molar-refractivity contribution in [3.63, 3.8) is 0 Å². The van der Waals surface area contributed by atoms with Crippen LogP contribution in [0.15, 0.2) is 42.6 Å². The van der Waals surface area contributed by atoms with Gasteiger partial charge in [-0.05, 0) is 31.7 Å². The summed E-state index contributed by atoms with van der Waals surface area (Å²) in [7, 11) is 3.97. The molecule has 0 fully saturated rings. The third-order valence-electron chi connectivity index (χ3n) is 3.96. The lowest BCUT2D eigenvalue weighted by Crippen LogP contribution is -2.21. The molecule has 0 aliphatic heterocycles. The van der Waals surface area contributed by atoms with E-state index < -0.39 is 0 Å². The molecule has 1 atom stereocenters. The van der Waals surface area contributed by atoms with Crippen LogP contribution in [0.25, 0.3) is 10.9 Å². The minimum Gasteiger partial charge on any atom is -0.311 e. The number of rotatable bonds is 4. The summed E-state index contributed by atoms with van der Waals surface area (Å²) in [5, 5.41) is 9.27. The van der Waals surface area contributed by atoms with Crippen LogP contribution in [0.4, 0.5) is 0 Å². The van der Waals surface area contributed by atoms with E-state index in [1.165, 1.54) is 16.5 Å². The van der Waals surface area contributed by atoms with E-state index in [1.54, 1.807) is 0 Å². The third kappa shape index (κ3) is 2.54. The van der Waals surface area contributed by atoms with Gasteiger partial charge in [-0.25, -0.2) is 0 Å². The van der Waals surface area contributed by atoms with E-state index in [1.807, 2.05) is 37.1 Å². The Labute approximate surface area is 124 Å². The summed E-state index contributed by atoms with van der Waals surface area (Å²) in [5.41, 5.74) is 4.57. The predicted molar refractivity (Wildman–Crippen MR) is 85.2 cm³/mol. The van der Waals surface area contributed by atoms with Crippen molar-refractivity contribution in [2.45, 2.75) is 19.4 Å². The van der Waals surface area contributed by atoms with Gasteiger partial charge in [0.1, 0.15) is 0 Å². The molecule has 3 aromatic rings. The van der Waals surface area contributed by atoms with E-state index in [0.717, 1.165) is 17.8 Å². The number of pyridine rings is 1. The molecule has 0 aliphatic rings. The first-order chi connectivity index (χ1) is 10.2. The van der Waals surface area contributed by atoms with Crippen molar-refractivity contribution in [2.24, 2.45) is 7.05 Å². The van der Waals surface area contributed by atoms with Crippen LogP contribution in [-0.4, -0.2) is 21.8 Å². The topological polar surface area (TPSA) is 42.7 Å². The van der Waals surface area contributed by atoms with Crippen LogP contribution >= 0.6 is 0 Å². The molecule has 3 rings (SSSR count). The number of nitrogens with zero attached hydrogens (tertiary/aromatic N) is 3. The first-order valence-corrected chi connectivity index (χ1v) is 7.20. The molecule has 0 aliphatic carbocycles. The number of aryl methyl sites for hydroxylation is 2. The molecule has 2 heterocycles. The molecule has 1 N–H and O–H groups in total. The molecule has 0 saturated heterocycles. The van der Waals surface area contributed by atoms with Crippen LogP contribution in [0.2, 0.25) is 0 Å². The maximum Gasteiger partial charge on any atom is 0.0722 e. The summed E-state index contributed by atoms with van der Waals surface area (Å²) in [4.78, 5) is 4.54. The van der Waals surface area contributed by atoms with E-state index in [9.17, 15) is 0 Å². The van der Waals surface area contributed by atoms with E-state index >= 15 is 0 Å². The Morgan fingerprint density at radius 2 is 2.00 bits per heavy atom. The van der Waals surface area contributed by atoms with Crippen molar-refractivity contribution >= 4 is 10.9 Å². The van der Waals surface area contributed by atoms with Crippen molar-refractivity contribution in [1.29, 1.82) is 0 Å². The first kappa shape index (κ1) is 13.8. The lowest BCUT2D eigenvalue weighted by Gasteiger charge is -2.16. The van der Waals surface area contributed by atoms with Crippen molar-refractivity contribution in [2.75, 3.05) is 7.05 Å². The highest BCUT2D eigenvalue weighted by molar-refractivity contribution is 5.81. The zero-order valence-corrected chi connectivity index (χ0v) is 12.7. The fourth-order valence-corrected chi connectivity index (χ4v) is 2.83. The normalized spacial score (nSPS) is 12.7. The fraction of sp³-hybridized carbons (Fsp3) is 0.294. The summed E-state index contributed by atoms with van der Waals surface area (Å²) in [6.45, 7) is 2.10. The molecule has 0 bridgehead atoms. The van der Waals surface area contributed by atoms with E-state index in [-0.39, 0.29) is 6.04 Å². The molecule has 4 nitrogen and oxygen atoms in total. The SMILES string of the molecule is CNC(Cc1nn(C)c2ccccc12)c1ncccc1C. The van der Waals surface area contributed by atoms with E-state index in [0.29, 0.717) is 0 Å². The van der Waals surface area contributed by atoms with Crippen molar-refractivity contribution in [3.05, 3.63) is 59.5 Å². The van der Waals surface area contributed by atoms with Gasteiger partial charge in [-0.3, -0.25) is 9.67 Å². The predicted octanol–water partition coefficient (Wildman–Crippen LogP) is 2.78. The lowest BCUT2D eigenvalue weighted by molar-refractivity contribution is 0.561. The van der Waals surface area contributed by atoms with Crippen LogP contribution < -0.4 is 5.32 Å².